The van der Waals surface area contributed by atoms with Crippen LogP contribution >= 0.6 is 0 Å². The van der Waals surface area contributed by atoms with Gasteiger partial charge < -0.3 is 20.3 Å². The average molecular weight is 416 g/mol. The number of benzene rings is 1. The quantitative estimate of drug-likeness (QED) is 0.572. The van der Waals surface area contributed by atoms with E-state index in [1.165, 1.54) is 18.4 Å². The van der Waals surface area contributed by atoms with Crippen LogP contribution in [0.25, 0.3) is 0 Å². The highest BCUT2D eigenvalue weighted by Crippen LogP contribution is 2.24. The third-order valence-electron chi connectivity index (χ3n) is 5.64. The topological polar surface area (TPSA) is 69.2 Å². The van der Waals surface area contributed by atoms with Gasteiger partial charge in [-0.05, 0) is 58.7 Å². The number of hydrogen-bond acceptors (Lipinski definition) is 4. The van der Waals surface area contributed by atoms with Crippen molar-refractivity contribution in [3.63, 3.8) is 0 Å². The number of ether oxygens (including phenoxy) is 1. The van der Waals surface area contributed by atoms with Crippen LogP contribution in [0.1, 0.15) is 51.6 Å². The Morgan fingerprint density at radius 2 is 1.90 bits per heavy atom. The lowest BCUT2D eigenvalue weighted by atomic mass is 10.1. The fourth-order valence-corrected chi connectivity index (χ4v) is 4.25. The van der Waals surface area contributed by atoms with Crippen molar-refractivity contribution in [1.82, 2.24) is 20.4 Å². The standard InChI is InChI=1S/C23H37N5O2/c1-23(2,3)30-22(29)26-19-12-15-28(17-19)21(24-4)25-16-20(27-13-8-9-14-27)18-10-6-5-7-11-18/h5-7,10-11,19-20H,8-9,12-17H2,1-4H3,(H,24,25)(H,26,29). The van der Waals surface area contributed by atoms with Crippen molar-refractivity contribution < 1.29 is 9.53 Å². The van der Waals surface area contributed by atoms with Gasteiger partial charge in [0.15, 0.2) is 5.96 Å². The second-order valence-corrected chi connectivity index (χ2v) is 9.18. The van der Waals surface area contributed by atoms with Crippen molar-refractivity contribution in [2.24, 2.45) is 4.99 Å². The molecule has 2 heterocycles. The largest absolute Gasteiger partial charge is 0.444 e. The Kier molecular flexibility index (Phi) is 7.58. The summed E-state index contributed by atoms with van der Waals surface area (Å²) in [6.45, 7) is 10.3. The summed E-state index contributed by atoms with van der Waals surface area (Å²) in [5.41, 5.74) is 0.857. The summed E-state index contributed by atoms with van der Waals surface area (Å²) in [5, 5.41) is 6.58. The van der Waals surface area contributed by atoms with Gasteiger partial charge >= 0.3 is 6.09 Å². The number of carbonyl (C=O) groups excluding carboxylic acids is 1. The van der Waals surface area contributed by atoms with E-state index < -0.39 is 5.60 Å². The van der Waals surface area contributed by atoms with E-state index in [1.54, 1.807) is 0 Å². The summed E-state index contributed by atoms with van der Waals surface area (Å²) < 4.78 is 5.39. The maximum Gasteiger partial charge on any atom is 0.407 e. The Balaban J connectivity index is 1.55. The molecule has 7 nitrogen and oxygen atoms in total. The van der Waals surface area contributed by atoms with Gasteiger partial charge in [-0.25, -0.2) is 4.79 Å². The van der Waals surface area contributed by atoms with Crippen LogP contribution in [0.4, 0.5) is 4.79 Å². The molecule has 1 aromatic rings. The molecule has 1 amide bonds. The maximum atomic E-state index is 12.1. The van der Waals surface area contributed by atoms with Crippen LogP contribution in [0, 0.1) is 0 Å². The highest BCUT2D eigenvalue weighted by Gasteiger charge is 2.29. The minimum Gasteiger partial charge on any atom is -0.444 e. The van der Waals surface area contributed by atoms with Gasteiger partial charge in [0.1, 0.15) is 5.60 Å². The molecule has 2 saturated heterocycles. The van der Waals surface area contributed by atoms with Gasteiger partial charge in [-0.1, -0.05) is 30.3 Å². The number of amides is 1. The fraction of sp³-hybridized carbons (Fsp3) is 0.652. The molecule has 2 unspecified atom stereocenters. The van der Waals surface area contributed by atoms with Crippen molar-refractivity contribution >= 4 is 12.1 Å². The SMILES string of the molecule is CN=C(NCC(c1ccccc1)N1CCCC1)N1CCC(NC(=O)OC(C)(C)C)C1. The number of aliphatic imine (C=N–C) groups is 1. The molecule has 1 aromatic carbocycles. The molecule has 3 rings (SSSR count). The molecular formula is C23H37N5O2. The first-order chi connectivity index (χ1) is 14.4. The van der Waals surface area contributed by atoms with Crippen molar-refractivity contribution in [3.05, 3.63) is 35.9 Å². The van der Waals surface area contributed by atoms with E-state index in [9.17, 15) is 4.79 Å². The normalized spacial score (nSPS) is 21.5. The van der Waals surface area contributed by atoms with Crippen LogP contribution in [0.15, 0.2) is 35.3 Å². The molecule has 166 valence electrons. The summed E-state index contributed by atoms with van der Waals surface area (Å²) in [7, 11) is 1.82. The van der Waals surface area contributed by atoms with Crippen LogP contribution in [0.5, 0.6) is 0 Å². The molecule has 0 bridgehead atoms. The van der Waals surface area contributed by atoms with Crippen molar-refractivity contribution in [2.45, 2.75) is 57.7 Å². The Morgan fingerprint density at radius 3 is 2.53 bits per heavy atom. The fourth-order valence-electron chi connectivity index (χ4n) is 4.25. The summed E-state index contributed by atoms with van der Waals surface area (Å²) in [6.07, 6.45) is 3.06. The smallest absolute Gasteiger partial charge is 0.407 e. The first-order valence-electron chi connectivity index (χ1n) is 11.1. The van der Waals surface area contributed by atoms with Gasteiger partial charge in [0.25, 0.3) is 0 Å². The lowest BCUT2D eigenvalue weighted by Crippen LogP contribution is -2.46. The van der Waals surface area contributed by atoms with E-state index in [1.807, 2.05) is 27.8 Å². The van der Waals surface area contributed by atoms with Gasteiger partial charge in [0.2, 0.25) is 0 Å². The third-order valence-corrected chi connectivity index (χ3v) is 5.64. The van der Waals surface area contributed by atoms with Gasteiger partial charge in [-0.2, -0.15) is 0 Å². The van der Waals surface area contributed by atoms with Crippen LogP contribution in [-0.2, 0) is 4.74 Å². The summed E-state index contributed by atoms with van der Waals surface area (Å²) in [4.78, 5) is 21.4. The van der Waals surface area contributed by atoms with Gasteiger partial charge in [0, 0.05) is 26.7 Å². The molecule has 0 radical (unpaired) electrons. The zero-order valence-corrected chi connectivity index (χ0v) is 18.9. The number of carbonyl (C=O) groups is 1. The van der Waals surface area contributed by atoms with E-state index in [-0.39, 0.29) is 12.1 Å². The summed E-state index contributed by atoms with van der Waals surface area (Å²) in [5.74, 6) is 0.892. The van der Waals surface area contributed by atoms with Crippen LogP contribution < -0.4 is 10.6 Å². The lowest BCUT2D eigenvalue weighted by Gasteiger charge is -2.30. The van der Waals surface area contributed by atoms with E-state index in [0.29, 0.717) is 6.04 Å². The number of guanidine groups is 1. The first-order valence-corrected chi connectivity index (χ1v) is 11.1. The molecular weight excluding hydrogens is 378 g/mol. The van der Waals surface area contributed by atoms with Gasteiger partial charge in [0.05, 0.1) is 12.1 Å². The third kappa shape index (κ3) is 6.36. The molecule has 2 aliphatic heterocycles. The summed E-state index contributed by atoms with van der Waals surface area (Å²) in [6, 6.07) is 11.1. The van der Waals surface area contributed by atoms with E-state index in [4.69, 9.17) is 4.74 Å². The first kappa shape index (κ1) is 22.4. The average Bonchev–Trinajstić information content (AvgIpc) is 3.37. The predicted octanol–water partition coefficient (Wildman–Crippen LogP) is 3.00. The molecule has 2 aliphatic rings. The lowest BCUT2D eigenvalue weighted by molar-refractivity contribution is 0.0507. The Hall–Kier alpha value is -2.28. The molecule has 0 aliphatic carbocycles. The summed E-state index contributed by atoms with van der Waals surface area (Å²) >= 11 is 0. The second-order valence-electron chi connectivity index (χ2n) is 9.18. The van der Waals surface area contributed by atoms with Crippen molar-refractivity contribution in [2.75, 3.05) is 39.8 Å². The van der Waals surface area contributed by atoms with Crippen molar-refractivity contribution in [3.8, 4) is 0 Å². The minimum absolute atomic E-state index is 0.0712. The number of nitrogens with zero attached hydrogens (tertiary/aromatic N) is 3. The molecule has 30 heavy (non-hydrogen) atoms. The maximum absolute atomic E-state index is 12.1. The monoisotopic (exact) mass is 415 g/mol. The zero-order chi connectivity index (χ0) is 21.6. The van der Waals surface area contributed by atoms with Crippen LogP contribution in [0.2, 0.25) is 0 Å². The van der Waals surface area contributed by atoms with Crippen molar-refractivity contribution in [1.29, 1.82) is 0 Å². The molecule has 2 atom stereocenters. The number of hydrogen-bond donors (Lipinski definition) is 2. The predicted molar refractivity (Wildman–Crippen MR) is 121 cm³/mol. The van der Waals surface area contributed by atoms with E-state index >= 15 is 0 Å². The van der Waals surface area contributed by atoms with Crippen LogP contribution in [-0.4, -0.2) is 73.3 Å². The minimum atomic E-state index is -0.484. The molecule has 2 N–H and O–H groups in total. The van der Waals surface area contributed by atoms with Gasteiger partial charge in [-0.15, -0.1) is 0 Å². The number of likely N-dealkylation sites (tertiary alicyclic amines) is 2. The second kappa shape index (κ2) is 10.2. The van der Waals surface area contributed by atoms with E-state index in [0.717, 1.165) is 45.1 Å². The zero-order valence-electron chi connectivity index (χ0n) is 18.9. The molecule has 0 spiro atoms. The molecule has 7 heteroatoms. The highest BCUT2D eigenvalue weighted by atomic mass is 16.6. The molecule has 2 fully saturated rings. The van der Waals surface area contributed by atoms with E-state index in [2.05, 4.69) is 55.8 Å². The van der Waals surface area contributed by atoms with Gasteiger partial charge in [-0.3, -0.25) is 9.89 Å². The number of alkyl carbamates (subject to hydrolysis) is 1. The Morgan fingerprint density at radius 1 is 1.20 bits per heavy atom. The Bertz CT molecular complexity index is 710. The highest BCUT2D eigenvalue weighted by molar-refractivity contribution is 5.80. The Labute approximate surface area is 180 Å². The van der Waals surface area contributed by atoms with Crippen LogP contribution in [0.3, 0.4) is 0 Å². The number of nitrogens with one attached hydrogen (secondary N) is 2. The molecule has 0 saturated carbocycles. The molecule has 0 aromatic heterocycles. The number of rotatable bonds is 5.